The van der Waals surface area contributed by atoms with Gasteiger partial charge in [-0.2, -0.15) is 0 Å². The van der Waals surface area contributed by atoms with E-state index in [-0.39, 0.29) is 0 Å². The summed E-state index contributed by atoms with van der Waals surface area (Å²) < 4.78 is 1.22. The van der Waals surface area contributed by atoms with Gasteiger partial charge in [0.2, 0.25) is 0 Å². The molecule has 3 heteroatoms. The standard InChI is InChI=1S/C17H20BrNS/c18-16-11-17(20-13-16)12-19-8-6-15(7-9-19)10-14-4-2-1-3-5-14/h1-5,11,13,15H,6-10,12H2. The fraction of sp³-hybridized carbons (Fsp3) is 0.412. The maximum absolute atomic E-state index is 3.54. The molecule has 1 aliphatic rings. The molecule has 1 nitrogen and oxygen atoms in total. The fourth-order valence-electron chi connectivity index (χ4n) is 2.95. The summed E-state index contributed by atoms with van der Waals surface area (Å²) in [6.45, 7) is 3.61. The zero-order valence-corrected chi connectivity index (χ0v) is 14.0. The molecular weight excluding hydrogens is 330 g/mol. The molecule has 0 atom stereocenters. The molecule has 106 valence electrons. The van der Waals surface area contributed by atoms with Crippen LogP contribution in [0, 0.1) is 5.92 Å². The lowest BCUT2D eigenvalue weighted by molar-refractivity contribution is 0.178. The van der Waals surface area contributed by atoms with E-state index in [9.17, 15) is 0 Å². The molecular formula is C17H20BrNS. The molecule has 0 unspecified atom stereocenters. The molecule has 1 saturated heterocycles. The molecule has 1 aromatic carbocycles. The highest BCUT2D eigenvalue weighted by Gasteiger charge is 2.19. The van der Waals surface area contributed by atoms with E-state index in [0.717, 1.165) is 12.5 Å². The molecule has 0 N–H and O–H groups in total. The van der Waals surface area contributed by atoms with Gasteiger partial charge in [-0.05, 0) is 65.8 Å². The summed E-state index contributed by atoms with van der Waals surface area (Å²) in [4.78, 5) is 4.07. The van der Waals surface area contributed by atoms with Crippen molar-refractivity contribution < 1.29 is 0 Å². The van der Waals surface area contributed by atoms with Gasteiger partial charge in [-0.1, -0.05) is 30.3 Å². The first kappa shape index (κ1) is 14.3. The Morgan fingerprint density at radius 3 is 2.55 bits per heavy atom. The Morgan fingerprint density at radius 2 is 1.90 bits per heavy atom. The minimum absolute atomic E-state index is 0.865. The van der Waals surface area contributed by atoms with E-state index in [2.05, 4.69) is 62.6 Å². The van der Waals surface area contributed by atoms with Gasteiger partial charge < -0.3 is 0 Å². The third-order valence-corrected chi connectivity index (χ3v) is 5.76. The average molecular weight is 350 g/mol. The van der Waals surface area contributed by atoms with Crippen LogP contribution in [0.5, 0.6) is 0 Å². The lowest BCUT2D eigenvalue weighted by Gasteiger charge is -2.31. The highest BCUT2D eigenvalue weighted by atomic mass is 79.9. The number of benzene rings is 1. The largest absolute Gasteiger partial charge is 0.298 e. The fourth-order valence-corrected chi connectivity index (χ4v) is 4.45. The lowest BCUT2D eigenvalue weighted by atomic mass is 9.90. The third kappa shape index (κ3) is 3.94. The highest BCUT2D eigenvalue weighted by Crippen LogP contribution is 2.25. The van der Waals surface area contributed by atoms with Crippen molar-refractivity contribution in [2.24, 2.45) is 5.92 Å². The molecule has 20 heavy (non-hydrogen) atoms. The molecule has 0 amide bonds. The smallest absolute Gasteiger partial charge is 0.0328 e. The number of thiophene rings is 1. The molecule has 0 spiro atoms. The van der Waals surface area contributed by atoms with E-state index in [1.807, 2.05) is 11.3 Å². The Hall–Kier alpha value is -0.640. The Labute approximate surface area is 133 Å². The summed E-state index contributed by atoms with van der Waals surface area (Å²) in [5, 5.41) is 2.18. The molecule has 2 heterocycles. The summed E-state index contributed by atoms with van der Waals surface area (Å²) in [6.07, 6.45) is 3.92. The van der Waals surface area contributed by atoms with Gasteiger partial charge >= 0.3 is 0 Å². The van der Waals surface area contributed by atoms with Crippen molar-refractivity contribution in [1.29, 1.82) is 0 Å². The summed E-state index contributed by atoms with van der Waals surface area (Å²) in [5.41, 5.74) is 1.49. The van der Waals surface area contributed by atoms with Crippen LogP contribution in [0.3, 0.4) is 0 Å². The van der Waals surface area contributed by atoms with Crippen LogP contribution >= 0.6 is 27.3 Å². The Morgan fingerprint density at radius 1 is 1.15 bits per heavy atom. The van der Waals surface area contributed by atoms with Crippen molar-refractivity contribution in [3.05, 3.63) is 56.7 Å². The molecule has 0 radical (unpaired) electrons. The molecule has 2 aromatic rings. The topological polar surface area (TPSA) is 3.24 Å². The Balaban J connectivity index is 1.47. The van der Waals surface area contributed by atoms with E-state index in [1.165, 1.54) is 47.3 Å². The third-order valence-electron chi connectivity index (χ3n) is 4.08. The van der Waals surface area contributed by atoms with Gasteiger partial charge in [-0.15, -0.1) is 11.3 Å². The predicted octanol–water partition coefficient (Wildman–Crippen LogP) is 4.97. The van der Waals surface area contributed by atoms with Gasteiger partial charge in [0.15, 0.2) is 0 Å². The van der Waals surface area contributed by atoms with Crippen LogP contribution in [0.1, 0.15) is 23.3 Å². The zero-order chi connectivity index (χ0) is 13.8. The van der Waals surface area contributed by atoms with E-state index in [4.69, 9.17) is 0 Å². The quantitative estimate of drug-likeness (QED) is 0.753. The monoisotopic (exact) mass is 349 g/mol. The second kappa shape index (κ2) is 6.88. The molecule has 0 bridgehead atoms. The number of nitrogens with zero attached hydrogens (tertiary/aromatic N) is 1. The van der Waals surface area contributed by atoms with Crippen molar-refractivity contribution in [3.63, 3.8) is 0 Å². The molecule has 1 aliphatic heterocycles. The molecule has 3 rings (SSSR count). The summed E-state index contributed by atoms with van der Waals surface area (Å²) in [6, 6.07) is 13.2. The van der Waals surface area contributed by atoms with Crippen LogP contribution in [0.2, 0.25) is 0 Å². The second-order valence-corrected chi connectivity index (χ2v) is 7.55. The Bertz CT molecular complexity index is 529. The predicted molar refractivity (Wildman–Crippen MR) is 90.2 cm³/mol. The van der Waals surface area contributed by atoms with Crippen molar-refractivity contribution in [2.45, 2.75) is 25.8 Å². The van der Waals surface area contributed by atoms with E-state index < -0.39 is 0 Å². The van der Waals surface area contributed by atoms with Gasteiger partial charge in [0.1, 0.15) is 0 Å². The van der Waals surface area contributed by atoms with E-state index >= 15 is 0 Å². The van der Waals surface area contributed by atoms with Crippen molar-refractivity contribution in [2.75, 3.05) is 13.1 Å². The Kier molecular flexibility index (Phi) is 4.92. The molecule has 1 fully saturated rings. The highest BCUT2D eigenvalue weighted by molar-refractivity contribution is 9.10. The van der Waals surface area contributed by atoms with Crippen molar-refractivity contribution in [3.8, 4) is 0 Å². The number of halogens is 1. The van der Waals surface area contributed by atoms with E-state index in [1.54, 1.807) is 0 Å². The number of piperidine rings is 1. The van der Waals surface area contributed by atoms with Gasteiger partial charge in [-0.25, -0.2) is 0 Å². The number of hydrogen-bond acceptors (Lipinski definition) is 2. The average Bonchev–Trinajstić information content (AvgIpc) is 2.88. The number of hydrogen-bond donors (Lipinski definition) is 0. The van der Waals surface area contributed by atoms with Gasteiger partial charge in [-0.3, -0.25) is 4.90 Å². The molecule has 0 aliphatic carbocycles. The summed E-state index contributed by atoms with van der Waals surface area (Å²) in [7, 11) is 0. The minimum Gasteiger partial charge on any atom is -0.298 e. The first-order valence-electron chi connectivity index (χ1n) is 7.29. The maximum atomic E-state index is 3.54. The van der Waals surface area contributed by atoms with Crippen LogP contribution in [-0.2, 0) is 13.0 Å². The normalized spacial score (nSPS) is 17.4. The molecule has 0 saturated carbocycles. The summed E-state index contributed by atoms with van der Waals surface area (Å²) in [5.74, 6) is 0.865. The SMILES string of the molecule is Brc1csc(CN2CCC(Cc3ccccc3)CC2)c1. The minimum atomic E-state index is 0.865. The summed E-state index contributed by atoms with van der Waals surface area (Å²) >= 11 is 5.39. The first-order chi connectivity index (χ1) is 9.79. The number of likely N-dealkylation sites (tertiary alicyclic amines) is 1. The first-order valence-corrected chi connectivity index (χ1v) is 8.96. The molecule has 1 aromatic heterocycles. The van der Waals surface area contributed by atoms with Crippen LogP contribution in [0.4, 0.5) is 0 Å². The van der Waals surface area contributed by atoms with E-state index in [0.29, 0.717) is 0 Å². The lowest BCUT2D eigenvalue weighted by Crippen LogP contribution is -2.33. The van der Waals surface area contributed by atoms with Crippen molar-refractivity contribution >= 4 is 27.3 Å². The second-order valence-electron chi connectivity index (χ2n) is 5.64. The van der Waals surface area contributed by atoms with Crippen LogP contribution in [0.15, 0.2) is 46.3 Å². The van der Waals surface area contributed by atoms with Gasteiger partial charge in [0.25, 0.3) is 0 Å². The van der Waals surface area contributed by atoms with Crippen molar-refractivity contribution in [1.82, 2.24) is 4.90 Å². The maximum Gasteiger partial charge on any atom is 0.0328 e. The number of rotatable bonds is 4. The zero-order valence-electron chi connectivity index (χ0n) is 11.6. The van der Waals surface area contributed by atoms with Gasteiger partial charge in [0.05, 0.1) is 0 Å². The van der Waals surface area contributed by atoms with Crippen LogP contribution < -0.4 is 0 Å². The van der Waals surface area contributed by atoms with Gasteiger partial charge in [0, 0.05) is 21.3 Å². The van der Waals surface area contributed by atoms with Crippen LogP contribution in [0.25, 0.3) is 0 Å². The van der Waals surface area contributed by atoms with Crippen LogP contribution in [-0.4, -0.2) is 18.0 Å².